The Bertz CT molecular complexity index is 1050. The maximum Gasteiger partial charge on any atom is 0.316 e. The van der Waals surface area contributed by atoms with E-state index in [9.17, 15) is 9.59 Å². The number of benzene rings is 2. The van der Waals surface area contributed by atoms with E-state index in [4.69, 9.17) is 4.74 Å². The number of fused-ring (bicyclic) bond motifs is 2. The molecule has 28 heavy (non-hydrogen) atoms. The maximum atomic E-state index is 13.3. The molecule has 0 saturated heterocycles. The number of nitrogens with zero attached hydrogens (tertiary/aromatic N) is 3. The molecule has 0 saturated carbocycles. The van der Waals surface area contributed by atoms with Gasteiger partial charge in [-0.05, 0) is 37.1 Å². The second kappa shape index (κ2) is 7.67. The Morgan fingerprint density at radius 2 is 1.93 bits per heavy atom. The molecule has 4 rings (SSSR count). The Kier molecular flexibility index (Phi) is 5.09. The summed E-state index contributed by atoms with van der Waals surface area (Å²) in [6.45, 7) is 2.24. The molecule has 2 heterocycles. The number of hydrogen-bond donors (Lipinski definition) is 0. The molecule has 1 aromatic heterocycles. The lowest BCUT2D eigenvalue weighted by molar-refractivity contribution is -0.137. The molecule has 1 aliphatic rings. The van der Waals surface area contributed by atoms with E-state index >= 15 is 0 Å². The smallest absolute Gasteiger partial charge is 0.316 e. The molecule has 1 amide bonds. The molecule has 0 N–H and O–H groups in total. The standard InChI is InChI=1S/C21H21N3O3S/c1-14-11-15-7-3-5-9-17(15)24(14)19(25)12-23-18-10-6-4-8-16(18)22-21(23)28-13-20(26)27-2/h3-10,14H,11-13H2,1-2H3/t14-/m0/s1. The summed E-state index contributed by atoms with van der Waals surface area (Å²) < 4.78 is 6.62. The number of amides is 1. The van der Waals surface area contributed by atoms with Gasteiger partial charge < -0.3 is 14.2 Å². The van der Waals surface area contributed by atoms with E-state index < -0.39 is 0 Å². The Hall–Kier alpha value is -2.80. The van der Waals surface area contributed by atoms with Crippen molar-refractivity contribution >= 4 is 40.4 Å². The second-order valence-electron chi connectivity index (χ2n) is 6.78. The van der Waals surface area contributed by atoms with Crippen LogP contribution < -0.4 is 4.90 Å². The summed E-state index contributed by atoms with van der Waals surface area (Å²) in [4.78, 5) is 31.3. The number of methoxy groups -OCH3 is 1. The van der Waals surface area contributed by atoms with Gasteiger partial charge in [0.25, 0.3) is 0 Å². The topological polar surface area (TPSA) is 64.4 Å². The molecule has 1 aliphatic heterocycles. The number of carbonyl (C=O) groups excluding carboxylic acids is 2. The van der Waals surface area contributed by atoms with Gasteiger partial charge >= 0.3 is 5.97 Å². The fraction of sp³-hybridized carbons (Fsp3) is 0.286. The van der Waals surface area contributed by atoms with Crippen molar-refractivity contribution in [3.05, 3.63) is 54.1 Å². The van der Waals surface area contributed by atoms with Gasteiger partial charge in [0.1, 0.15) is 6.54 Å². The first-order chi connectivity index (χ1) is 13.6. The summed E-state index contributed by atoms with van der Waals surface area (Å²) in [6.07, 6.45) is 0.858. The van der Waals surface area contributed by atoms with Crippen LogP contribution in [-0.4, -0.2) is 40.3 Å². The minimum Gasteiger partial charge on any atom is -0.468 e. The highest BCUT2D eigenvalue weighted by molar-refractivity contribution is 7.99. The molecule has 0 radical (unpaired) electrons. The number of hydrogen-bond acceptors (Lipinski definition) is 5. The van der Waals surface area contributed by atoms with Gasteiger partial charge in [-0.25, -0.2) is 4.98 Å². The number of esters is 1. The van der Waals surface area contributed by atoms with Crippen molar-refractivity contribution in [2.75, 3.05) is 17.8 Å². The zero-order chi connectivity index (χ0) is 19.7. The molecule has 0 unspecified atom stereocenters. The largest absolute Gasteiger partial charge is 0.468 e. The van der Waals surface area contributed by atoms with Crippen molar-refractivity contribution < 1.29 is 14.3 Å². The van der Waals surface area contributed by atoms with E-state index in [0.717, 1.165) is 23.1 Å². The van der Waals surface area contributed by atoms with Crippen LogP contribution in [0.2, 0.25) is 0 Å². The van der Waals surface area contributed by atoms with E-state index in [1.165, 1.54) is 24.4 Å². The van der Waals surface area contributed by atoms with Crippen LogP contribution in [0.4, 0.5) is 5.69 Å². The molecule has 1 atom stereocenters. The zero-order valence-corrected chi connectivity index (χ0v) is 16.6. The van der Waals surface area contributed by atoms with Gasteiger partial charge in [-0.15, -0.1) is 0 Å². The predicted molar refractivity (Wildman–Crippen MR) is 110 cm³/mol. The molecular formula is C21H21N3O3S. The van der Waals surface area contributed by atoms with Crippen LogP contribution in [0.3, 0.4) is 0 Å². The first-order valence-electron chi connectivity index (χ1n) is 9.13. The zero-order valence-electron chi connectivity index (χ0n) is 15.8. The van der Waals surface area contributed by atoms with Gasteiger partial charge in [0.2, 0.25) is 5.91 Å². The number of aromatic nitrogens is 2. The summed E-state index contributed by atoms with van der Waals surface area (Å²) in [5.74, 6) is -0.158. The number of rotatable bonds is 5. The first-order valence-corrected chi connectivity index (χ1v) is 10.1. The summed E-state index contributed by atoms with van der Waals surface area (Å²) in [7, 11) is 1.36. The van der Waals surface area contributed by atoms with E-state index in [1.54, 1.807) is 0 Å². The van der Waals surface area contributed by atoms with Crippen molar-refractivity contribution in [1.82, 2.24) is 9.55 Å². The highest BCUT2D eigenvalue weighted by Gasteiger charge is 2.31. The Balaban J connectivity index is 1.65. The minimum absolute atomic E-state index is 0.0144. The average molecular weight is 395 g/mol. The molecule has 7 heteroatoms. The third kappa shape index (κ3) is 3.38. The molecule has 144 valence electrons. The molecular weight excluding hydrogens is 374 g/mol. The van der Waals surface area contributed by atoms with Gasteiger partial charge in [0.15, 0.2) is 5.16 Å². The highest BCUT2D eigenvalue weighted by atomic mass is 32.2. The minimum atomic E-state index is -0.322. The van der Waals surface area contributed by atoms with Gasteiger partial charge in [-0.2, -0.15) is 0 Å². The molecule has 0 aliphatic carbocycles. The average Bonchev–Trinajstić information content (AvgIpc) is 3.22. The second-order valence-corrected chi connectivity index (χ2v) is 7.72. The summed E-state index contributed by atoms with van der Waals surface area (Å²) in [5, 5.41) is 0.639. The first kappa shape index (κ1) is 18.6. The summed E-state index contributed by atoms with van der Waals surface area (Å²) >= 11 is 1.28. The molecule has 3 aromatic rings. The van der Waals surface area contributed by atoms with Crippen molar-refractivity contribution in [3.8, 4) is 0 Å². The Morgan fingerprint density at radius 3 is 2.75 bits per heavy atom. The Morgan fingerprint density at radius 1 is 1.18 bits per heavy atom. The number of ether oxygens (including phenoxy) is 1. The van der Waals surface area contributed by atoms with Gasteiger partial charge in [-0.1, -0.05) is 42.1 Å². The molecule has 0 bridgehead atoms. The monoisotopic (exact) mass is 395 g/mol. The molecule has 0 fully saturated rings. The quantitative estimate of drug-likeness (QED) is 0.490. The number of thioether (sulfide) groups is 1. The fourth-order valence-electron chi connectivity index (χ4n) is 3.66. The lowest BCUT2D eigenvalue weighted by Gasteiger charge is -2.23. The SMILES string of the molecule is COC(=O)CSc1nc2ccccc2n1CC(=O)N1c2ccccc2C[C@@H]1C. The number of para-hydroxylation sites is 3. The Labute approximate surface area is 167 Å². The third-order valence-electron chi connectivity index (χ3n) is 4.94. The van der Waals surface area contributed by atoms with E-state index in [0.29, 0.717) is 5.16 Å². The molecule has 6 nitrogen and oxygen atoms in total. The number of carbonyl (C=O) groups is 2. The van der Waals surface area contributed by atoms with Crippen LogP contribution in [0.1, 0.15) is 12.5 Å². The van der Waals surface area contributed by atoms with Gasteiger partial charge in [0, 0.05) is 11.7 Å². The van der Waals surface area contributed by atoms with Crippen molar-refractivity contribution in [1.29, 1.82) is 0 Å². The van der Waals surface area contributed by atoms with Crippen LogP contribution in [0.15, 0.2) is 53.7 Å². The number of imidazole rings is 1. The van der Waals surface area contributed by atoms with E-state index in [1.807, 2.05) is 51.9 Å². The maximum absolute atomic E-state index is 13.3. The lowest BCUT2D eigenvalue weighted by Crippen LogP contribution is -2.38. The molecule has 0 spiro atoms. The lowest BCUT2D eigenvalue weighted by atomic mass is 10.1. The normalized spacial score (nSPS) is 15.6. The van der Waals surface area contributed by atoms with Crippen LogP contribution >= 0.6 is 11.8 Å². The summed E-state index contributed by atoms with van der Waals surface area (Å²) in [6, 6.07) is 15.8. The number of anilines is 1. The van der Waals surface area contributed by atoms with Crippen molar-refractivity contribution in [2.24, 2.45) is 0 Å². The third-order valence-corrected chi connectivity index (χ3v) is 5.89. The van der Waals surface area contributed by atoms with E-state index in [-0.39, 0.29) is 30.2 Å². The van der Waals surface area contributed by atoms with Crippen LogP contribution in [0.25, 0.3) is 11.0 Å². The molecule has 2 aromatic carbocycles. The van der Waals surface area contributed by atoms with Crippen LogP contribution in [0.5, 0.6) is 0 Å². The van der Waals surface area contributed by atoms with Crippen LogP contribution in [-0.2, 0) is 27.3 Å². The van der Waals surface area contributed by atoms with Gasteiger partial charge in [-0.3, -0.25) is 9.59 Å². The summed E-state index contributed by atoms with van der Waals surface area (Å²) in [5.41, 5.74) is 3.85. The van der Waals surface area contributed by atoms with E-state index in [2.05, 4.69) is 18.0 Å². The highest BCUT2D eigenvalue weighted by Crippen LogP contribution is 2.33. The van der Waals surface area contributed by atoms with Gasteiger partial charge in [0.05, 0.1) is 23.9 Å². The van der Waals surface area contributed by atoms with Crippen molar-refractivity contribution in [3.63, 3.8) is 0 Å². The fourth-order valence-corrected chi connectivity index (χ4v) is 4.50. The predicted octanol–water partition coefficient (Wildman–Crippen LogP) is 3.28. The van der Waals surface area contributed by atoms with Crippen LogP contribution in [0, 0.1) is 0 Å². The van der Waals surface area contributed by atoms with Crippen molar-refractivity contribution in [2.45, 2.75) is 31.1 Å².